The molecule has 1 amide bonds. The lowest BCUT2D eigenvalue weighted by Crippen LogP contribution is -2.43. The second-order valence-corrected chi connectivity index (χ2v) is 10.3. The Labute approximate surface area is 152 Å². The molecule has 2 aliphatic heterocycles. The molecule has 3 aliphatic rings. The number of carbonyl (C=O) groups is 1. The minimum atomic E-state index is -0.425. The first-order valence-electron chi connectivity index (χ1n) is 9.65. The summed E-state index contributed by atoms with van der Waals surface area (Å²) in [6.07, 6.45) is 4.21. The Kier molecular flexibility index (Phi) is 4.48. The van der Waals surface area contributed by atoms with E-state index in [0.29, 0.717) is 11.3 Å². The van der Waals surface area contributed by atoms with Gasteiger partial charge in [-0.2, -0.15) is 0 Å². The van der Waals surface area contributed by atoms with Gasteiger partial charge in [0.1, 0.15) is 5.60 Å². The molecule has 0 aromatic rings. The second-order valence-electron chi connectivity index (χ2n) is 10.3. The summed E-state index contributed by atoms with van der Waals surface area (Å²) >= 11 is 0. The molecule has 1 aliphatic carbocycles. The largest absolute Gasteiger partial charge is 0.458 e. The Morgan fingerprint density at radius 2 is 1.72 bits per heavy atom. The highest BCUT2D eigenvalue weighted by Crippen LogP contribution is 2.54. The summed E-state index contributed by atoms with van der Waals surface area (Å²) in [4.78, 5) is 14.1. The summed E-state index contributed by atoms with van der Waals surface area (Å²) in [6.45, 7) is 15.8. The zero-order valence-electron chi connectivity index (χ0n) is 17.0. The van der Waals surface area contributed by atoms with Gasteiger partial charge in [0.2, 0.25) is 0 Å². The van der Waals surface area contributed by atoms with Gasteiger partial charge in [0.15, 0.2) is 0 Å². The summed E-state index contributed by atoms with van der Waals surface area (Å²) in [6, 6.07) is 0. The van der Waals surface area contributed by atoms with Crippen LogP contribution < -0.4 is 0 Å². The van der Waals surface area contributed by atoms with Gasteiger partial charge in [0, 0.05) is 13.1 Å². The Balaban J connectivity index is 1.46. The number of amides is 1. The predicted molar refractivity (Wildman–Crippen MR) is 98.5 cm³/mol. The van der Waals surface area contributed by atoms with Crippen molar-refractivity contribution in [3.05, 3.63) is 0 Å². The normalized spacial score (nSPS) is 33.6. The lowest BCUT2D eigenvalue weighted by Gasteiger charge is -2.45. The van der Waals surface area contributed by atoms with Crippen molar-refractivity contribution >= 4 is 13.2 Å². The van der Waals surface area contributed by atoms with Crippen molar-refractivity contribution < 1.29 is 18.8 Å². The number of carbonyl (C=O) groups excluding carboxylic acids is 1. The van der Waals surface area contributed by atoms with E-state index in [1.807, 2.05) is 25.7 Å². The van der Waals surface area contributed by atoms with Crippen LogP contribution in [-0.4, -0.2) is 48.0 Å². The maximum absolute atomic E-state index is 12.3. The van der Waals surface area contributed by atoms with Gasteiger partial charge in [-0.15, -0.1) is 0 Å². The average molecular weight is 351 g/mol. The van der Waals surface area contributed by atoms with Crippen LogP contribution in [-0.2, 0) is 14.0 Å². The van der Waals surface area contributed by atoms with Crippen LogP contribution in [0.1, 0.15) is 67.7 Å². The summed E-state index contributed by atoms with van der Waals surface area (Å²) in [5.41, 5.74) is -0.628. The van der Waals surface area contributed by atoms with Gasteiger partial charge < -0.3 is 18.9 Å². The number of likely N-dealkylation sites (tertiary alicyclic amines) is 1. The number of rotatable bonds is 2. The molecule has 0 radical (unpaired) electrons. The number of ether oxygens (including phenoxy) is 1. The minimum Gasteiger partial charge on any atom is -0.444 e. The molecule has 5 nitrogen and oxygen atoms in total. The maximum atomic E-state index is 12.3. The number of hydrogen-bond donors (Lipinski definition) is 0. The Morgan fingerprint density at radius 3 is 2.24 bits per heavy atom. The topological polar surface area (TPSA) is 48.0 Å². The fraction of sp³-hybridized carbons (Fsp3) is 0.947. The quantitative estimate of drug-likeness (QED) is 0.703. The highest BCUT2D eigenvalue weighted by molar-refractivity contribution is 6.45. The van der Waals surface area contributed by atoms with Crippen molar-refractivity contribution in [2.24, 2.45) is 11.3 Å². The molecule has 0 aromatic heterocycles. The molecule has 142 valence electrons. The Hall–Kier alpha value is -0.745. The summed E-state index contributed by atoms with van der Waals surface area (Å²) in [5.74, 6) is 0.633. The second kappa shape index (κ2) is 5.88. The van der Waals surface area contributed by atoms with Gasteiger partial charge >= 0.3 is 13.2 Å². The first-order chi connectivity index (χ1) is 11.3. The van der Waals surface area contributed by atoms with Crippen molar-refractivity contribution in [1.82, 2.24) is 4.90 Å². The van der Waals surface area contributed by atoms with Gasteiger partial charge in [-0.3, -0.25) is 0 Å². The van der Waals surface area contributed by atoms with Gasteiger partial charge in [-0.1, -0.05) is 0 Å². The van der Waals surface area contributed by atoms with E-state index in [1.54, 1.807) is 0 Å². The van der Waals surface area contributed by atoms with E-state index >= 15 is 0 Å². The van der Waals surface area contributed by atoms with Gasteiger partial charge in [0.05, 0.1) is 11.2 Å². The Bertz CT molecular complexity index is 518. The summed E-state index contributed by atoms with van der Waals surface area (Å²) in [7, 11) is -0.101. The molecule has 0 N–H and O–H groups in total. The van der Waals surface area contributed by atoms with Crippen LogP contribution in [0.2, 0.25) is 6.32 Å². The van der Waals surface area contributed by atoms with Crippen LogP contribution in [0.4, 0.5) is 4.79 Å². The highest BCUT2D eigenvalue weighted by atomic mass is 16.7. The predicted octanol–water partition coefficient (Wildman–Crippen LogP) is 4.12. The molecule has 0 bridgehead atoms. The molecule has 3 fully saturated rings. The smallest absolute Gasteiger partial charge is 0.444 e. The maximum Gasteiger partial charge on any atom is 0.458 e. The van der Waals surface area contributed by atoms with Crippen molar-refractivity contribution in [3.8, 4) is 0 Å². The van der Waals surface area contributed by atoms with Crippen molar-refractivity contribution in [1.29, 1.82) is 0 Å². The van der Waals surface area contributed by atoms with Crippen LogP contribution in [0.3, 0.4) is 0 Å². The third-order valence-corrected chi connectivity index (χ3v) is 6.36. The van der Waals surface area contributed by atoms with Crippen LogP contribution in [0, 0.1) is 11.3 Å². The molecule has 2 saturated heterocycles. The van der Waals surface area contributed by atoms with E-state index in [2.05, 4.69) is 27.7 Å². The third-order valence-electron chi connectivity index (χ3n) is 6.36. The van der Waals surface area contributed by atoms with Crippen molar-refractivity contribution in [2.45, 2.75) is 90.9 Å². The zero-order chi connectivity index (χ0) is 18.7. The standard InChI is InChI=1S/C19H34BNO4/c1-16(2,3)23-15(22)21-9-8-19(13-21)10-14(11-19)12-20-24-17(4,5)18(6,7)25-20/h14H,8-13H2,1-7H3. The molecule has 1 spiro atoms. The zero-order valence-corrected chi connectivity index (χ0v) is 17.0. The first kappa shape index (κ1) is 19.0. The van der Waals surface area contributed by atoms with E-state index < -0.39 is 5.60 Å². The fourth-order valence-electron chi connectivity index (χ4n) is 4.42. The molecule has 2 heterocycles. The van der Waals surface area contributed by atoms with E-state index in [0.717, 1.165) is 38.7 Å². The van der Waals surface area contributed by atoms with Gasteiger partial charge in [0.25, 0.3) is 0 Å². The average Bonchev–Trinajstić information content (AvgIpc) is 2.87. The molecular weight excluding hydrogens is 317 g/mol. The molecule has 0 aromatic carbocycles. The van der Waals surface area contributed by atoms with E-state index in [-0.39, 0.29) is 24.4 Å². The minimum absolute atomic E-state index is 0.101. The highest BCUT2D eigenvalue weighted by Gasteiger charge is 2.55. The van der Waals surface area contributed by atoms with E-state index in [9.17, 15) is 4.79 Å². The number of hydrogen-bond acceptors (Lipinski definition) is 4. The fourth-order valence-corrected chi connectivity index (χ4v) is 4.42. The van der Waals surface area contributed by atoms with Crippen LogP contribution in [0.15, 0.2) is 0 Å². The van der Waals surface area contributed by atoms with Crippen LogP contribution in [0.5, 0.6) is 0 Å². The van der Waals surface area contributed by atoms with E-state index in [1.165, 1.54) is 0 Å². The lowest BCUT2D eigenvalue weighted by atomic mass is 9.56. The molecule has 6 heteroatoms. The van der Waals surface area contributed by atoms with Crippen LogP contribution >= 0.6 is 0 Å². The summed E-state index contributed by atoms with van der Waals surface area (Å²) in [5, 5.41) is 0. The molecule has 3 rings (SSSR count). The van der Waals surface area contributed by atoms with Gasteiger partial charge in [-0.05, 0) is 85.4 Å². The third kappa shape index (κ3) is 3.85. The lowest BCUT2D eigenvalue weighted by molar-refractivity contribution is 0.00578. The van der Waals surface area contributed by atoms with Gasteiger partial charge in [-0.25, -0.2) is 4.79 Å². The van der Waals surface area contributed by atoms with E-state index in [4.69, 9.17) is 14.0 Å². The monoisotopic (exact) mass is 351 g/mol. The first-order valence-corrected chi connectivity index (χ1v) is 9.65. The molecule has 1 saturated carbocycles. The SMILES string of the molecule is CC(C)(C)OC(=O)N1CCC2(CC(CB3OC(C)(C)C(C)(C)O3)C2)C1. The molecule has 0 atom stereocenters. The Morgan fingerprint density at radius 1 is 1.16 bits per heavy atom. The van der Waals surface area contributed by atoms with Crippen LogP contribution in [0.25, 0.3) is 0 Å². The number of nitrogens with zero attached hydrogens (tertiary/aromatic N) is 1. The summed E-state index contributed by atoms with van der Waals surface area (Å²) < 4.78 is 17.8. The van der Waals surface area contributed by atoms with Crippen molar-refractivity contribution in [3.63, 3.8) is 0 Å². The molecule has 0 unspecified atom stereocenters. The van der Waals surface area contributed by atoms with Crippen molar-refractivity contribution in [2.75, 3.05) is 13.1 Å². The molecular formula is C19H34BNO4. The molecule has 25 heavy (non-hydrogen) atoms.